The summed E-state index contributed by atoms with van der Waals surface area (Å²) in [7, 11) is -15.0. The molecule has 1 amide bonds. The monoisotopic (exact) mass is 787 g/mol. The van der Waals surface area contributed by atoms with Crippen molar-refractivity contribution < 1.29 is 48.8 Å². The smallest absolute Gasteiger partial charge is 0.295 e. The highest BCUT2D eigenvalue weighted by Gasteiger charge is 2.26. The number of phenolic OH excluding ortho intramolecular Hbond substituents is 1. The second-order valence-corrected chi connectivity index (χ2v) is 15.5. The number of alkyl halides is 1. The molecule has 0 fully saturated rings. The number of amides is 1. The summed E-state index contributed by atoms with van der Waals surface area (Å²) in [5.41, 5.74) is -0.137. The first-order valence-corrected chi connectivity index (χ1v) is 19.4. The van der Waals surface area contributed by atoms with Gasteiger partial charge in [-0.05, 0) is 79.6 Å². The topological polar surface area (TPSA) is 262 Å². The van der Waals surface area contributed by atoms with Crippen LogP contribution in [0.15, 0.2) is 114 Å². The van der Waals surface area contributed by atoms with E-state index in [2.05, 4.69) is 25.8 Å². The molecule has 0 aliphatic carbocycles. The predicted octanol–water partition coefficient (Wildman–Crippen LogP) is 7.58. The molecular formula is C32H26ClN5O11S3. The molecule has 270 valence electrons. The van der Waals surface area contributed by atoms with Gasteiger partial charge in [0, 0.05) is 27.6 Å². The molecule has 0 atom stereocenters. The largest absolute Gasteiger partial charge is 0.505 e. The number of halogens is 1. The van der Waals surface area contributed by atoms with Gasteiger partial charge in [-0.15, -0.1) is 16.7 Å². The van der Waals surface area contributed by atoms with E-state index in [0.29, 0.717) is 11.4 Å². The van der Waals surface area contributed by atoms with E-state index in [4.69, 9.17) is 11.6 Å². The van der Waals surface area contributed by atoms with Gasteiger partial charge in [0.05, 0.1) is 17.1 Å². The average Bonchev–Trinajstić information content (AvgIpc) is 3.06. The Balaban J connectivity index is 1.60. The Morgan fingerprint density at radius 3 is 1.56 bits per heavy atom. The summed E-state index contributed by atoms with van der Waals surface area (Å²) in [5, 5.41) is 29.3. The molecule has 0 aliphatic rings. The van der Waals surface area contributed by atoms with E-state index in [9.17, 15) is 48.8 Å². The van der Waals surface area contributed by atoms with Crippen molar-refractivity contribution in [1.82, 2.24) is 0 Å². The second kappa shape index (κ2) is 14.5. The van der Waals surface area contributed by atoms with Gasteiger partial charge >= 0.3 is 0 Å². The van der Waals surface area contributed by atoms with Crippen LogP contribution in [0, 0.1) is 13.8 Å². The number of anilines is 1. The van der Waals surface area contributed by atoms with E-state index >= 15 is 0 Å². The zero-order valence-corrected chi connectivity index (χ0v) is 30.0. The molecule has 0 saturated heterocycles. The lowest BCUT2D eigenvalue weighted by molar-refractivity contribution is -0.113. The highest BCUT2D eigenvalue weighted by molar-refractivity contribution is 7.86. The summed E-state index contributed by atoms with van der Waals surface area (Å²) < 4.78 is 105. The number of phenols is 1. The van der Waals surface area contributed by atoms with Crippen LogP contribution in [-0.4, -0.2) is 55.8 Å². The zero-order valence-electron chi connectivity index (χ0n) is 26.8. The molecule has 5 N–H and O–H groups in total. The van der Waals surface area contributed by atoms with E-state index in [1.807, 2.05) is 0 Å². The highest BCUT2D eigenvalue weighted by Crippen LogP contribution is 2.42. The standard InChI is InChI=1S/C32H26ClN5O11S3/c1-17-11-23(29(51(44,45)46)13-25(17)36-35-20-9-7-19(8-10-20)34-31(39)16-33)24-12-18(2)26(14-30(24)52(47,48)49)37-38-27-15-28(50(41,42)43)21-5-3-4-6-22(21)32(27)40/h3-15,40H,16H2,1-2H3,(H,34,39)(H,41,42,43)(H,44,45,46)(H,47,48,49). The summed E-state index contributed by atoms with van der Waals surface area (Å²) >= 11 is 5.49. The summed E-state index contributed by atoms with van der Waals surface area (Å²) in [6, 6.07) is 16.9. The van der Waals surface area contributed by atoms with Crippen molar-refractivity contribution in [1.29, 1.82) is 0 Å². The first-order chi connectivity index (χ1) is 24.3. The van der Waals surface area contributed by atoms with Crippen molar-refractivity contribution in [3.8, 4) is 16.9 Å². The Bertz CT molecular complexity index is 2670. The van der Waals surface area contributed by atoms with Crippen LogP contribution in [0.1, 0.15) is 11.1 Å². The molecular weight excluding hydrogens is 762 g/mol. The molecule has 0 saturated carbocycles. The summed E-state index contributed by atoms with van der Waals surface area (Å²) in [6.45, 7) is 2.94. The van der Waals surface area contributed by atoms with E-state index in [-0.39, 0.29) is 50.3 Å². The lowest BCUT2D eigenvalue weighted by Crippen LogP contribution is -2.12. The van der Waals surface area contributed by atoms with Gasteiger partial charge in [0.25, 0.3) is 30.4 Å². The lowest BCUT2D eigenvalue weighted by Gasteiger charge is -2.15. The van der Waals surface area contributed by atoms with Crippen LogP contribution in [0.2, 0.25) is 0 Å². The van der Waals surface area contributed by atoms with Crippen LogP contribution in [0.25, 0.3) is 21.9 Å². The van der Waals surface area contributed by atoms with Gasteiger partial charge in [0.2, 0.25) is 5.91 Å². The summed E-state index contributed by atoms with van der Waals surface area (Å²) in [4.78, 5) is 9.30. The number of hydrogen-bond acceptors (Lipinski definition) is 12. The Kier molecular flexibility index (Phi) is 10.6. The molecule has 0 heterocycles. The maximum atomic E-state index is 12.7. The van der Waals surface area contributed by atoms with E-state index in [1.54, 1.807) is 0 Å². The van der Waals surface area contributed by atoms with Crippen LogP contribution < -0.4 is 5.32 Å². The number of carbonyl (C=O) groups excluding carboxylic acids is 1. The minimum atomic E-state index is -5.13. The van der Waals surface area contributed by atoms with Crippen LogP contribution >= 0.6 is 11.6 Å². The van der Waals surface area contributed by atoms with Crippen LogP contribution in [0.4, 0.5) is 28.4 Å². The maximum absolute atomic E-state index is 12.7. The van der Waals surface area contributed by atoms with Gasteiger partial charge in [0.15, 0.2) is 5.75 Å². The Labute approximate surface area is 301 Å². The third kappa shape index (κ3) is 8.31. The van der Waals surface area contributed by atoms with Crippen LogP contribution in [0.5, 0.6) is 5.75 Å². The molecule has 0 radical (unpaired) electrons. The average molecular weight is 788 g/mol. The molecule has 5 aromatic carbocycles. The van der Waals surface area contributed by atoms with Crippen molar-refractivity contribution in [2.45, 2.75) is 28.5 Å². The first kappa shape index (κ1) is 38.1. The highest BCUT2D eigenvalue weighted by atomic mass is 35.5. The minimum absolute atomic E-state index is 0.00291. The molecule has 0 aliphatic heterocycles. The number of nitrogens with one attached hydrogen (secondary N) is 1. The maximum Gasteiger partial charge on any atom is 0.295 e. The second-order valence-electron chi connectivity index (χ2n) is 11.1. The molecule has 5 aromatic rings. The van der Waals surface area contributed by atoms with Gasteiger partial charge in [0.1, 0.15) is 26.3 Å². The molecule has 0 spiro atoms. The van der Waals surface area contributed by atoms with Gasteiger partial charge in [-0.2, -0.15) is 40.6 Å². The molecule has 5 rings (SSSR count). The lowest BCUT2D eigenvalue weighted by atomic mass is 9.99. The molecule has 0 bridgehead atoms. The number of rotatable bonds is 10. The molecule has 0 aromatic heterocycles. The third-order valence-electron chi connectivity index (χ3n) is 7.49. The number of azo groups is 2. The Hall–Kier alpha value is -5.15. The number of nitrogens with zero attached hydrogens (tertiary/aromatic N) is 4. The number of aromatic hydroxyl groups is 1. The van der Waals surface area contributed by atoms with Gasteiger partial charge in [-0.25, -0.2) is 0 Å². The summed E-state index contributed by atoms with van der Waals surface area (Å²) in [6.07, 6.45) is 0. The molecule has 16 nitrogen and oxygen atoms in total. The van der Waals surface area contributed by atoms with Gasteiger partial charge in [-0.3, -0.25) is 18.5 Å². The van der Waals surface area contributed by atoms with Crippen LogP contribution in [0.3, 0.4) is 0 Å². The van der Waals surface area contributed by atoms with Gasteiger partial charge < -0.3 is 10.4 Å². The minimum Gasteiger partial charge on any atom is -0.505 e. The number of carbonyl (C=O) groups is 1. The molecule has 20 heteroatoms. The fourth-order valence-corrected chi connectivity index (χ4v) is 7.24. The number of benzene rings is 5. The fourth-order valence-electron chi connectivity index (χ4n) is 5.05. The van der Waals surface area contributed by atoms with Crippen molar-refractivity contribution in [2.75, 3.05) is 11.2 Å². The SMILES string of the molecule is Cc1cc(-c2cc(C)c(N=Nc3cc(S(=O)(=O)O)c4ccccc4c3O)cc2S(=O)(=O)O)c(S(=O)(=O)O)cc1N=Nc1ccc(NC(=O)CCl)cc1. The fraction of sp³-hybridized carbons (Fsp3) is 0.0938. The van der Waals surface area contributed by atoms with Crippen molar-refractivity contribution in [3.05, 3.63) is 90.0 Å². The van der Waals surface area contributed by atoms with Crippen molar-refractivity contribution >= 4 is 87.1 Å². The quantitative estimate of drug-likeness (QED) is 0.0523. The molecule has 52 heavy (non-hydrogen) atoms. The van der Waals surface area contributed by atoms with E-state index in [0.717, 1.165) is 24.3 Å². The first-order valence-electron chi connectivity index (χ1n) is 14.5. The third-order valence-corrected chi connectivity index (χ3v) is 10.4. The zero-order chi connectivity index (χ0) is 38.2. The number of aryl methyl sites for hydroxylation is 2. The van der Waals surface area contributed by atoms with Crippen molar-refractivity contribution in [3.63, 3.8) is 0 Å². The Morgan fingerprint density at radius 1 is 0.635 bits per heavy atom. The van der Waals surface area contributed by atoms with E-state index in [1.165, 1.54) is 68.4 Å². The normalized spacial score (nSPS) is 12.6. The predicted molar refractivity (Wildman–Crippen MR) is 191 cm³/mol. The van der Waals surface area contributed by atoms with E-state index < -0.39 is 62.4 Å². The van der Waals surface area contributed by atoms with Crippen molar-refractivity contribution in [2.24, 2.45) is 20.5 Å². The van der Waals surface area contributed by atoms with Crippen LogP contribution in [-0.2, 0) is 35.1 Å². The number of hydrogen-bond donors (Lipinski definition) is 5. The van der Waals surface area contributed by atoms with Gasteiger partial charge in [-0.1, -0.05) is 24.3 Å². The Morgan fingerprint density at radius 2 is 1.08 bits per heavy atom. The molecule has 0 unspecified atom stereocenters. The number of fused-ring (bicyclic) bond motifs is 1. The summed E-state index contributed by atoms with van der Waals surface area (Å²) in [5.74, 6) is -1.17.